The summed E-state index contributed by atoms with van der Waals surface area (Å²) in [6, 6.07) is 11.0. The molecule has 1 amide bonds. The highest BCUT2D eigenvalue weighted by Gasteiger charge is 2.29. The number of halogens is 2. The average molecular weight is 513 g/mol. The fourth-order valence-corrected chi connectivity index (χ4v) is 3.45. The number of hydrogen-bond donors (Lipinski definition) is 1. The van der Waals surface area contributed by atoms with E-state index < -0.39 is 0 Å². The lowest BCUT2D eigenvalue weighted by atomic mass is 10.1. The van der Waals surface area contributed by atoms with Crippen LogP contribution in [-0.4, -0.2) is 23.8 Å². The second-order valence-corrected chi connectivity index (χ2v) is 7.21. The maximum Gasteiger partial charge on any atom is 0.280 e. The topological polar surface area (TPSA) is 62.1 Å². The number of carbonyl (C=O) groups is 1. The standard InChI is InChI=1S/C18H14BrIN2O3/c1-10-13(18(24)22(21-10)12-6-4-3-5-7-12)8-11-9-14(25-2)17(23)16(20)15(11)19/h3-9,23H,1-2H3/b13-8+. The summed E-state index contributed by atoms with van der Waals surface area (Å²) in [7, 11) is 1.49. The van der Waals surface area contributed by atoms with Gasteiger partial charge in [0.1, 0.15) is 0 Å². The predicted octanol–water partition coefficient (Wildman–Crippen LogP) is 4.57. The van der Waals surface area contributed by atoms with E-state index in [0.717, 1.165) is 5.56 Å². The van der Waals surface area contributed by atoms with Gasteiger partial charge in [-0.3, -0.25) is 4.79 Å². The van der Waals surface area contributed by atoms with Gasteiger partial charge in [0.15, 0.2) is 11.5 Å². The van der Waals surface area contributed by atoms with Crippen molar-refractivity contribution in [3.63, 3.8) is 0 Å². The Morgan fingerprint density at radius 3 is 2.64 bits per heavy atom. The van der Waals surface area contributed by atoms with Gasteiger partial charge in [0, 0.05) is 4.47 Å². The third-order valence-corrected chi connectivity index (χ3v) is 6.40. The summed E-state index contributed by atoms with van der Waals surface area (Å²) in [5, 5.41) is 15.8. The number of methoxy groups -OCH3 is 1. The van der Waals surface area contributed by atoms with Crippen molar-refractivity contribution in [2.75, 3.05) is 12.1 Å². The first-order valence-corrected chi connectivity index (χ1v) is 9.23. The number of para-hydroxylation sites is 1. The smallest absolute Gasteiger partial charge is 0.280 e. The molecule has 3 rings (SSSR count). The number of amides is 1. The minimum absolute atomic E-state index is 0.0613. The van der Waals surface area contributed by atoms with Gasteiger partial charge in [0.25, 0.3) is 5.91 Å². The highest BCUT2D eigenvalue weighted by atomic mass is 127. The van der Waals surface area contributed by atoms with Gasteiger partial charge in [-0.1, -0.05) is 18.2 Å². The molecule has 0 bridgehead atoms. The molecule has 1 N–H and O–H groups in total. The van der Waals surface area contributed by atoms with E-state index in [1.165, 1.54) is 12.1 Å². The van der Waals surface area contributed by atoms with Crippen molar-refractivity contribution >= 4 is 61.9 Å². The quantitative estimate of drug-likeness (QED) is 0.484. The zero-order chi connectivity index (χ0) is 18.1. The van der Waals surface area contributed by atoms with Crippen LogP contribution in [0.15, 0.2) is 51.5 Å². The number of hydrazone groups is 1. The van der Waals surface area contributed by atoms with Gasteiger partial charge in [-0.25, -0.2) is 0 Å². The number of anilines is 1. The number of carbonyl (C=O) groups excluding carboxylic acids is 1. The third kappa shape index (κ3) is 3.30. The minimum Gasteiger partial charge on any atom is -0.503 e. The molecular weight excluding hydrogens is 499 g/mol. The Labute approximate surface area is 167 Å². The van der Waals surface area contributed by atoms with Crippen molar-refractivity contribution in [2.45, 2.75) is 6.92 Å². The van der Waals surface area contributed by atoms with Crippen molar-refractivity contribution in [2.24, 2.45) is 5.10 Å². The van der Waals surface area contributed by atoms with Gasteiger partial charge in [-0.05, 0) is 75.3 Å². The van der Waals surface area contributed by atoms with Gasteiger partial charge in [0.05, 0.1) is 27.7 Å². The van der Waals surface area contributed by atoms with Gasteiger partial charge in [0.2, 0.25) is 0 Å². The minimum atomic E-state index is -0.197. The molecule has 1 aliphatic rings. The molecule has 0 atom stereocenters. The molecule has 0 aromatic heterocycles. The van der Waals surface area contributed by atoms with E-state index >= 15 is 0 Å². The number of rotatable bonds is 3. The molecule has 7 heteroatoms. The molecule has 0 fully saturated rings. The normalized spacial score (nSPS) is 15.7. The number of aromatic hydroxyl groups is 1. The van der Waals surface area contributed by atoms with Crippen LogP contribution in [0.5, 0.6) is 11.5 Å². The number of nitrogens with zero attached hydrogens (tertiary/aromatic N) is 2. The molecule has 0 saturated heterocycles. The molecule has 0 saturated carbocycles. The molecule has 2 aromatic rings. The fourth-order valence-electron chi connectivity index (χ4n) is 2.46. The Bertz CT molecular complexity index is 910. The van der Waals surface area contributed by atoms with Crippen molar-refractivity contribution in [3.05, 3.63) is 55.6 Å². The van der Waals surface area contributed by atoms with Crippen LogP contribution in [0, 0.1) is 3.57 Å². The zero-order valence-electron chi connectivity index (χ0n) is 13.5. The van der Waals surface area contributed by atoms with Gasteiger partial charge >= 0.3 is 0 Å². The Kier molecular flexibility index (Phi) is 5.14. The van der Waals surface area contributed by atoms with Crippen LogP contribution in [0.25, 0.3) is 6.08 Å². The van der Waals surface area contributed by atoms with E-state index in [2.05, 4.69) is 21.0 Å². The predicted molar refractivity (Wildman–Crippen MR) is 110 cm³/mol. The molecule has 0 aliphatic carbocycles. The van der Waals surface area contributed by atoms with E-state index in [-0.39, 0.29) is 11.7 Å². The second kappa shape index (κ2) is 7.17. The summed E-state index contributed by atoms with van der Waals surface area (Å²) in [5.41, 5.74) is 2.56. The maximum absolute atomic E-state index is 12.8. The number of phenolic OH excluding ortho intramolecular Hbond substituents is 1. The second-order valence-electron chi connectivity index (χ2n) is 5.34. The zero-order valence-corrected chi connectivity index (χ0v) is 17.2. The first kappa shape index (κ1) is 17.9. The Morgan fingerprint density at radius 1 is 1.32 bits per heavy atom. The lowest BCUT2D eigenvalue weighted by molar-refractivity contribution is -0.114. The van der Waals surface area contributed by atoms with Crippen molar-refractivity contribution in [1.82, 2.24) is 0 Å². The number of benzene rings is 2. The Hall–Kier alpha value is -1.87. The molecule has 0 radical (unpaired) electrons. The Morgan fingerprint density at radius 2 is 2.00 bits per heavy atom. The van der Waals surface area contributed by atoms with E-state index in [1.807, 2.05) is 52.9 Å². The largest absolute Gasteiger partial charge is 0.503 e. The van der Waals surface area contributed by atoms with E-state index in [0.29, 0.717) is 30.8 Å². The van der Waals surface area contributed by atoms with Crippen LogP contribution >= 0.6 is 38.5 Å². The summed E-state index contributed by atoms with van der Waals surface area (Å²) >= 11 is 5.49. The molecule has 5 nitrogen and oxygen atoms in total. The van der Waals surface area contributed by atoms with Crippen LogP contribution in [0.3, 0.4) is 0 Å². The number of phenols is 1. The van der Waals surface area contributed by atoms with Crippen LogP contribution in [0.4, 0.5) is 5.69 Å². The fraction of sp³-hybridized carbons (Fsp3) is 0.111. The molecule has 0 unspecified atom stereocenters. The van der Waals surface area contributed by atoms with E-state index in [9.17, 15) is 9.90 Å². The molecule has 128 valence electrons. The first-order valence-electron chi connectivity index (χ1n) is 7.35. The summed E-state index contributed by atoms with van der Waals surface area (Å²) in [6.45, 7) is 1.79. The van der Waals surface area contributed by atoms with Crippen LogP contribution in [-0.2, 0) is 4.79 Å². The SMILES string of the molecule is COc1cc(/C=C2/C(=O)N(c3ccccc3)N=C2C)c(Br)c(I)c1O. The van der Waals surface area contributed by atoms with Crippen LogP contribution in [0.2, 0.25) is 0 Å². The summed E-state index contributed by atoms with van der Waals surface area (Å²) < 4.78 is 6.51. The van der Waals surface area contributed by atoms with Gasteiger partial charge in [-0.2, -0.15) is 10.1 Å². The molecule has 1 aliphatic heterocycles. The molecule has 25 heavy (non-hydrogen) atoms. The lowest BCUT2D eigenvalue weighted by Crippen LogP contribution is -2.21. The average Bonchev–Trinajstić information content (AvgIpc) is 2.91. The monoisotopic (exact) mass is 512 g/mol. The van der Waals surface area contributed by atoms with E-state index in [4.69, 9.17) is 4.74 Å². The third-order valence-electron chi connectivity index (χ3n) is 3.76. The molecule has 2 aromatic carbocycles. The van der Waals surface area contributed by atoms with Crippen LogP contribution in [0.1, 0.15) is 12.5 Å². The number of ether oxygens (including phenoxy) is 1. The first-order chi connectivity index (χ1) is 11.9. The molecular formula is C18H14BrIN2O3. The summed E-state index contributed by atoms with van der Waals surface area (Å²) in [5.74, 6) is 0.211. The van der Waals surface area contributed by atoms with Crippen molar-refractivity contribution in [1.29, 1.82) is 0 Å². The lowest BCUT2D eigenvalue weighted by Gasteiger charge is -2.12. The van der Waals surface area contributed by atoms with Crippen LogP contribution < -0.4 is 9.75 Å². The summed E-state index contributed by atoms with van der Waals surface area (Å²) in [6.07, 6.45) is 1.75. The molecule has 0 spiro atoms. The van der Waals surface area contributed by atoms with Crippen molar-refractivity contribution in [3.8, 4) is 11.5 Å². The molecule has 1 heterocycles. The van der Waals surface area contributed by atoms with Crippen molar-refractivity contribution < 1.29 is 14.6 Å². The van der Waals surface area contributed by atoms with E-state index in [1.54, 1.807) is 19.1 Å². The highest BCUT2D eigenvalue weighted by Crippen LogP contribution is 2.40. The van der Waals surface area contributed by atoms with Gasteiger partial charge < -0.3 is 9.84 Å². The maximum atomic E-state index is 12.8. The highest BCUT2D eigenvalue weighted by molar-refractivity contribution is 14.1. The summed E-state index contributed by atoms with van der Waals surface area (Å²) in [4.78, 5) is 12.8. The number of hydrogen-bond acceptors (Lipinski definition) is 4. The Balaban J connectivity index is 2.05. The van der Waals surface area contributed by atoms with Gasteiger partial charge in [-0.15, -0.1) is 0 Å².